The van der Waals surface area contributed by atoms with E-state index in [4.69, 9.17) is 11.6 Å². The molecule has 0 fully saturated rings. The number of hydrogen-bond acceptors (Lipinski definition) is 2. The van der Waals surface area contributed by atoms with E-state index in [9.17, 15) is 4.79 Å². The second-order valence-corrected chi connectivity index (χ2v) is 3.18. The average Bonchev–Trinajstić information content (AvgIpc) is 1.85. The van der Waals surface area contributed by atoms with Crippen molar-refractivity contribution in [3.8, 4) is 0 Å². The molecule has 0 aliphatic carbocycles. The molecule has 0 radical (unpaired) electrons. The first kappa shape index (κ1) is 18.7. The van der Waals surface area contributed by atoms with Crippen LogP contribution >= 0.6 is 23.1 Å². The zero-order valence-electron chi connectivity index (χ0n) is 5.68. The first-order valence-corrected chi connectivity index (χ1v) is 3.18. The number of rotatable bonds is 0. The summed E-state index contributed by atoms with van der Waals surface area (Å²) in [6.45, 7) is 0. The second-order valence-electron chi connectivity index (χ2n) is 1.38. The van der Waals surface area contributed by atoms with Gasteiger partial charge in [0.15, 0.2) is 0 Å². The van der Waals surface area contributed by atoms with Crippen LogP contribution in [0, 0.1) is 0 Å². The number of nitrogens with zero attached hydrogens (tertiary/aromatic N) is 1. The maximum atomic E-state index is 10.5. The minimum atomic E-state index is -0.0417. The van der Waals surface area contributed by atoms with Crippen molar-refractivity contribution in [1.29, 1.82) is 0 Å². The van der Waals surface area contributed by atoms with Gasteiger partial charge in [0.25, 0.3) is 5.56 Å². The molecule has 0 saturated heterocycles. The third kappa shape index (κ3) is 6.07. The Kier molecular flexibility index (Phi) is 14.5. The average molecular weight is 349 g/mol. The molecule has 1 aromatic heterocycles. The molecule has 0 aromatic carbocycles. The molecule has 0 aliphatic heterocycles. The number of hydrogen-bond donors (Lipinski definition) is 0. The Morgan fingerprint density at radius 3 is 2.09 bits per heavy atom. The first-order chi connectivity index (χ1) is 3.70. The van der Waals surface area contributed by atoms with Crippen LogP contribution in [0.1, 0.15) is 0 Å². The van der Waals surface area contributed by atoms with Gasteiger partial charge in [-0.25, -0.2) is 0 Å². The van der Waals surface area contributed by atoms with Gasteiger partial charge in [-0.1, -0.05) is 11.6 Å². The fourth-order valence-electron chi connectivity index (χ4n) is 0.390. The van der Waals surface area contributed by atoms with Crippen LogP contribution in [0.25, 0.3) is 0 Å². The van der Waals surface area contributed by atoms with E-state index in [1.54, 1.807) is 7.05 Å². The summed E-state index contributed by atoms with van der Waals surface area (Å²) in [5, 5.41) is 0. The molecule has 0 atom stereocenters. The largest absolute Gasteiger partial charge is 2.00 e. The van der Waals surface area contributed by atoms with Gasteiger partial charge in [-0.3, -0.25) is 8.75 Å². The third-order valence-electron chi connectivity index (χ3n) is 0.771. The summed E-state index contributed by atoms with van der Waals surface area (Å²) in [6.07, 6.45) is 0. The number of halogens is 3. The van der Waals surface area contributed by atoms with Crippen LogP contribution in [0.4, 0.5) is 0 Å². The summed E-state index contributed by atoms with van der Waals surface area (Å²) in [7, 11) is 1.68. The summed E-state index contributed by atoms with van der Waals surface area (Å²) in [5.74, 6) is 0. The predicted molar refractivity (Wildman–Crippen MR) is 40.3 cm³/mol. The fraction of sp³-hybridized carbons (Fsp3) is 0.250. The van der Waals surface area contributed by atoms with E-state index < -0.39 is 0 Å². The summed E-state index contributed by atoms with van der Waals surface area (Å²) in [6, 6.07) is 1.40. The van der Waals surface area contributed by atoms with Gasteiger partial charge < -0.3 is 34.0 Å². The van der Waals surface area contributed by atoms with Crippen LogP contribution in [0.15, 0.2) is 10.9 Å². The molecule has 0 spiro atoms. The zero-order valence-corrected chi connectivity index (χ0v) is 12.6. The topological polar surface area (TPSA) is 22.0 Å². The van der Waals surface area contributed by atoms with Crippen molar-refractivity contribution in [3.63, 3.8) is 0 Å². The van der Waals surface area contributed by atoms with E-state index in [2.05, 4.69) is 0 Å². The quantitative estimate of drug-likeness (QED) is 0.429. The molecule has 11 heavy (non-hydrogen) atoms. The Hall–Kier alpha value is 1.94. The van der Waals surface area contributed by atoms with Gasteiger partial charge in [-0.15, -0.1) is 0 Å². The van der Waals surface area contributed by atoms with Crippen molar-refractivity contribution < 1.29 is 34.0 Å². The number of aromatic nitrogens is 1. The predicted octanol–water partition coefficient (Wildman–Crippen LogP) is -5.27. The molecule has 0 N–H and O–H groups in total. The Morgan fingerprint density at radius 1 is 1.55 bits per heavy atom. The van der Waals surface area contributed by atoms with Crippen molar-refractivity contribution in [2.45, 2.75) is 0 Å². The maximum absolute atomic E-state index is 10.5. The zero-order chi connectivity index (χ0) is 6.15. The van der Waals surface area contributed by atoms with Gasteiger partial charge >= 0.3 is 37.7 Å². The third-order valence-corrected chi connectivity index (χ3v) is 1.83. The van der Waals surface area contributed by atoms with Crippen molar-refractivity contribution >= 4 is 60.9 Å². The molecule has 1 rings (SSSR count). The van der Waals surface area contributed by atoms with Gasteiger partial charge in [0.1, 0.15) is 4.34 Å². The van der Waals surface area contributed by atoms with Crippen LogP contribution in [-0.2, 0) is 7.05 Å². The van der Waals surface area contributed by atoms with E-state index in [0.717, 1.165) is 0 Å². The Bertz CT molecular complexity index is 250. The van der Waals surface area contributed by atoms with Gasteiger partial charge in [-0.05, 0) is 11.5 Å². The van der Waals surface area contributed by atoms with Crippen molar-refractivity contribution in [2.75, 3.05) is 0 Å². The molecule has 60 valence electrons. The molecule has 1 heterocycles. The second kappa shape index (κ2) is 8.53. The molecular weight excluding hydrogens is 345 g/mol. The first-order valence-electron chi connectivity index (χ1n) is 2.03. The molecule has 1 aromatic rings. The Morgan fingerprint density at radius 2 is 2.00 bits per heavy atom. The van der Waals surface area contributed by atoms with Gasteiger partial charge in [-0.2, -0.15) is 0 Å². The normalized spacial score (nSPS) is 7.09. The van der Waals surface area contributed by atoms with Gasteiger partial charge in [0.2, 0.25) is 0 Å². The van der Waals surface area contributed by atoms with Crippen molar-refractivity contribution in [1.82, 2.24) is 3.96 Å². The van der Waals surface area contributed by atoms with E-state index >= 15 is 0 Å². The Balaban J connectivity index is -0.000000213. The van der Waals surface area contributed by atoms with E-state index in [1.807, 2.05) is 0 Å². The molecule has 0 amide bonds. The molecule has 0 bridgehead atoms. The van der Waals surface area contributed by atoms with Crippen LogP contribution in [0.2, 0.25) is 4.34 Å². The Labute approximate surface area is 125 Å². The summed E-state index contributed by atoms with van der Waals surface area (Å²) < 4.78 is 2.01. The maximum Gasteiger partial charge on any atom is 2.00 e. The summed E-state index contributed by atoms with van der Waals surface area (Å²) in [4.78, 5) is 10.5. The van der Waals surface area contributed by atoms with E-state index in [0.29, 0.717) is 4.34 Å². The monoisotopic (exact) mass is 347 g/mol. The molecule has 2 nitrogen and oxygen atoms in total. The smallest absolute Gasteiger partial charge is 1.00 e. The van der Waals surface area contributed by atoms with Crippen molar-refractivity contribution in [3.05, 3.63) is 20.8 Å². The van der Waals surface area contributed by atoms with Crippen LogP contribution < -0.4 is 39.5 Å². The molecule has 7 heteroatoms. The standard InChI is InChI=1S/C4H4ClNOS.2BrH.Ca/c1-6-4(7)2-3(5)8-6;;;/h2H,1H3;2*1H;/q;;;+2/p-2. The minimum Gasteiger partial charge on any atom is -1.00 e. The molecule has 0 unspecified atom stereocenters. The molecular formula is C4H4Br2CaClNOS. The van der Waals surface area contributed by atoms with E-state index in [1.165, 1.54) is 21.6 Å². The molecule has 0 aliphatic rings. The minimum absolute atomic E-state index is 0. The fourth-order valence-corrected chi connectivity index (χ4v) is 1.35. The number of aryl methyl sites for hydroxylation is 1. The van der Waals surface area contributed by atoms with Gasteiger partial charge in [0.05, 0.1) is 0 Å². The molecule has 0 saturated carbocycles. The van der Waals surface area contributed by atoms with Crippen LogP contribution in [-0.4, -0.2) is 41.7 Å². The van der Waals surface area contributed by atoms with E-state index in [-0.39, 0.29) is 77.3 Å². The van der Waals surface area contributed by atoms with Gasteiger partial charge in [0, 0.05) is 13.1 Å². The summed E-state index contributed by atoms with van der Waals surface area (Å²) in [5.41, 5.74) is -0.0417. The van der Waals surface area contributed by atoms with Crippen LogP contribution in [0.3, 0.4) is 0 Å². The summed E-state index contributed by atoms with van der Waals surface area (Å²) >= 11 is 6.70. The van der Waals surface area contributed by atoms with Crippen LogP contribution in [0.5, 0.6) is 0 Å². The SMILES string of the molecule is Cn1sc(Cl)cc1=O.[Br-].[Br-].[Ca+2]. The van der Waals surface area contributed by atoms with Crippen molar-refractivity contribution in [2.24, 2.45) is 7.05 Å².